The second-order valence-electron chi connectivity index (χ2n) is 4.27. The number of nitrogens with two attached hydrogens (primary N) is 1. The van der Waals surface area contributed by atoms with E-state index >= 15 is 0 Å². The number of imide groups is 1. The first-order chi connectivity index (χ1) is 10.5. The summed E-state index contributed by atoms with van der Waals surface area (Å²) in [6.07, 6.45) is 1.38. The number of nitrogens with one attached hydrogen (secondary N) is 2. The Hall–Kier alpha value is -2.68. The second kappa shape index (κ2) is 7.36. The highest BCUT2D eigenvalue weighted by atomic mass is 32.2. The number of benzene rings is 1. The fraction of sp³-hybridized carbons (Fsp3) is 0.154. The second-order valence-corrected chi connectivity index (χ2v) is 5.46. The van der Waals surface area contributed by atoms with Crippen LogP contribution in [0.2, 0.25) is 0 Å². The molecule has 1 atom stereocenters. The average Bonchev–Trinajstić information content (AvgIpc) is 2.79. The van der Waals surface area contributed by atoms with Crippen molar-refractivity contribution < 1.29 is 14.4 Å². The lowest BCUT2D eigenvalue weighted by atomic mass is 10.2. The molecule has 0 aromatic heterocycles. The molecule has 1 saturated heterocycles. The van der Waals surface area contributed by atoms with Crippen LogP contribution in [0.5, 0.6) is 0 Å². The Morgan fingerprint density at radius 3 is 2.77 bits per heavy atom. The maximum Gasteiger partial charge on any atom is 0.318 e. The van der Waals surface area contributed by atoms with E-state index in [9.17, 15) is 14.4 Å². The summed E-state index contributed by atoms with van der Waals surface area (Å²) >= 11 is 1.07. The van der Waals surface area contributed by atoms with Crippen LogP contribution in [0.1, 0.15) is 12.0 Å². The average molecular weight is 319 g/mol. The van der Waals surface area contributed by atoms with Crippen LogP contribution in [0.15, 0.2) is 40.5 Å². The van der Waals surface area contributed by atoms with Crippen molar-refractivity contribution in [1.82, 2.24) is 10.6 Å². The van der Waals surface area contributed by atoms with Gasteiger partial charge >= 0.3 is 6.03 Å². The number of carbonyl (C=O) groups excluding carboxylic acids is 3. The summed E-state index contributed by atoms with van der Waals surface area (Å²) in [4.78, 5) is 33.6. The minimum absolute atomic E-state index is 0.166. The summed E-state index contributed by atoms with van der Waals surface area (Å²) < 4.78 is 0. The van der Waals surface area contributed by atoms with Crippen molar-refractivity contribution in [2.45, 2.75) is 11.7 Å². The molecule has 22 heavy (non-hydrogen) atoms. The van der Waals surface area contributed by atoms with Crippen LogP contribution in [-0.2, 0) is 9.59 Å². The van der Waals surface area contributed by atoms with Gasteiger partial charge in [0.2, 0.25) is 11.8 Å². The third-order valence-electron chi connectivity index (χ3n) is 2.56. The molecule has 0 saturated carbocycles. The predicted octanol–water partition coefficient (Wildman–Crippen LogP) is 0.193. The molecule has 114 valence electrons. The molecule has 1 heterocycles. The molecule has 1 fully saturated rings. The van der Waals surface area contributed by atoms with Crippen molar-refractivity contribution in [2.24, 2.45) is 15.9 Å². The van der Waals surface area contributed by atoms with Gasteiger partial charge in [-0.05, 0) is 5.56 Å². The Morgan fingerprint density at radius 2 is 2.09 bits per heavy atom. The number of hydrogen-bond donors (Lipinski definition) is 3. The van der Waals surface area contributed by atoms with Crippen molar-refractivity contribution in [3.8, 4) is 0 Å². The first-order valence-corrected chi connectivity index (χ1v) is 7.15. The van der Waals surface area contributed by atoms with Crippen molar-refractivity contribution in [3.05, 3.63) is 35.9 Å². The summed E-state index contributed by atoms with van der Waals surface area (Å²) in [5, 5.41) is 11.8. The molecule has 2 rings (SSSR count). The van der Waals surface area contributed by atoms with Crippen LogP contribution in [0, 0.1) is 0 Å². The quantitative estimate of drug-likeness (QED) is 0.541. The fourth-order valence-corrected chi connectivity index (χ4v) is 2.55. The van der Waals surface area contributed by atoms with Crippen LogP contribution in [0.25, 0.3) is 0 Å². The molecule has 4 N–H and O–H groups in total. The molecule has 9 heteroatoms. The van der Waals surface area contributed by atoms with E-state index in [1.54, 1.807) is 6.21 Å². The highest BCUT2D eigenvalue weighted by Gasteiger charge is 2.32. The number of urea groups is 1. The monoisotopic (exact) mass is 319 g/mol. The van der Waals surface area contributed by atoms with E-state index in [0.717, 1.165) is 17.3 Å². The summed E-state index contributed by atoms with van der Waals surface area (Å²) in [7, 11) is 0. The van der Waals surface area contributed by atoms with Gasteiger partial charge in [-0.1, -0.05) is 42.1 Å². The fourth-order valence-electron chi connectivity index (χ4n) is 1.63. The molecule has 0 unspecified atom stereocenters. The molecule has 1 aliphatic rings. The van der Waals surface area contributed by atoms with Crippen LogP contribution in [-0.4, -0.2) is 34.5 Å². The maximum atomic E-state index is 11.7. The summed E-state index contributed by atoms with van der Waals surface area (Å²) in [5.74, 6) is -0.979. The lowest BCUT2D eigenvalue weighted by Crippen LogP contribution is -2.37. The minimum Gasteiger partial charge on any atom is -0.351 e. The number of amidine groups is 1. The third-order valence-corrected chi connectivity index (χ3v) is 3.64. The summed E-state index contributed by atoms with van der Waals surface area (Å²) in [6, 6.07) is 8.40. The normalized spacial score (nSPS) is 19.4. The van der Waals surface area contributed by atoms with Gasteiger partial charge in [-0.2, -0.15) is 5.10 Å². The molecule has 0 aliphatic carbocycles. The van der Waals surface area contributed by atoms with Crippen LogP contribution < -0.4 is 16.4 Å². The van der Waals surface area contributed by atoms with Crippen molar-refractivity contribution in [2.75, 3.05) is 0 Å². The number of carbonyl (C=O) groups is 3. The van der Waals surface area contributed by atoms with Crippen LogP contribution in [0.4, 0.5) is 4.79 Å². The molecule has 0 bridgehead atoms. The van der Waals surface area contributed by atoms with Gasteiger partial charge in [0.05, 0.1) is 6.21 Å². The SMILES string of the molecule is NC(=O)NC(=O)C[C@H]1SC(=N/N=C\c2ccccc2)NC1=O. The van der Waals surface area contributed by atoms with E-state index < -0.39 is 17.2 Å². The zero-order valence-electron chi connectivity index (χ0n) is 11.4. The first kappa shape index (κ1) is 15.7. The highest BCUT2D eigenvalue weighted by Crippen LogP contribution is 2.22. The number of thioether (sulfide) groups is 1. The Balaban J connectivity index is 1.91. The van der Waals surface area contributed by atoms with E-state index in [-0.39, 0.29) is 12.3 Å². The smallest absolute Gasteiger partial charge is 0.318 e. The Kier molecular flexibility index (Phi) is 5.26. The third kappa shape index (κ3) is 4.70. The van der Waals surface area contributed by atoms with E-state index in [1.165, 1.54) is 0 Å². The van der Waals surface area contributed by atoms with Crippen LogP contribution in [0.3, 0.4) is 0 Å². The van der Waals surface area contributed by atoms with Gasteiger partial charge in [-0.3, -0.25) is 14.9 Å². The lowest BCUT2D eigenvalue weighted by Gasteiger charge is -2.03. The molecular formula is C13H13N5O3S. The summed E-state index contributed by atoms with van der Waals surface area (Å²) in [6.45, 7) is 0. The van der Waals surface area contributed by atoms with Gasteiger partial charge < -0.3 is 11.1 Å². The molecule has 1 aromatic carbocycles. The van der Waals surface area contributed by atoms with E-state index in [1.807, 2.05) is 35.6 Å². The number of rotatable bonds is 4. The van der Waals surface area contributed by atoms with Gasteiger partial charge in [0.1, 0.15) is 5.25 Å². The predicted molar refractivity (Wildman–Crippen MR) is 83.3 cm³/mol. The zero-order chi connectivity index (χ0) is 15.9. The number of primary amides is 1. The molecule has 4 amide bonds. The van der Waals surface area contributed by atoms with Gasteiger partial charge in [0, 0.05) is 6.42 Å². The number of hydrogen-bond acceptors (Lipinski definition) is 6. The summed E-state index contributed by atoms with van der Waals surface area (Å²) in [5.41, 5.74) is 5.70. The number of amides is 4. The molecular weight excluding hydrogens is 306 g/mol. The molecule has 1 aliphatic heterocycles. The Bertz CT molecular complexity index is 644. The Morgan fingerprint density at radius 1 is 1.36 bits per heavy atom. The minimum atomic E-state index is -0.949. The van der Waals surface area contributed by atoms with Crippen molar-refractivity contribution in [3.63, 3.8) is 0 Å². The first-order valence-electron chi connectivity index (χ1n) is 6.27. The van der Waals surface area contributed by atoms with E-state index in [2.05, 4.69) is 15.5 Å². The molecule has 0 radical (unpaired) electrons. The van der Waals surface area contributed by atoms with E-state index in [4.69, 9.17) is 5.73 Å². The number of nitrogens with zero attached hydrogens (tertiary/aromatic N) is 2. The van der Waals surface area contributed by atoms with Crippen LogP contribution >= 0.6 is 11.8 Å². The van der Waals surface area contributed by atoms with Gasteiger partial charge in [0.25, 0.3) is 0 Å². The lowest BCUT2D eigenvalue weighted by molar-refractivity contribution is -0.124. The Labute approximate surface area is 130 Å². The van der Waals surface area contributed by atoms with E-state index in [0.29, 0.717) is 5.17 Å². The zero-order valence-corrected chi connectivity index (χ0v) is 12.2. The molecule has 8 nitrogen and oxygen atoms in total. The maximum absolute atomic E-state index is 11.7. The standard InChI is InChI=1S/C13H13N5O3S/c14-12(21)16-10(19)6-9-11(20)17-13(22-9)18-15-7-8-4-2-1-3-5-8/h1-5,7,9H,6H2,(H,17,18,20)(H3,14,16,19,21)/b15-7-/t9-/m1/s1. The van der Waals surface area contributed by atoms with Crippen molar-refractivity contribution >= 4 is 41.0 Å². The topological polar surface area (TPSA) is 126 Å². The van der Waals surface area contributed by atoms with Gasteiger partial charge in [-0.15, -0.1) is 5.10 Å². The van der Waals surface area contributed by atoms with Gasteiger partial charge in [0.15, 0.2) is 5.17 Å². The molecule has 1 aromatic rings. The highest BCUT2D eigenvalue weighted by molar-refractivity contribution is 8.15. The van der Waals surface area contributed by atoms with Crippen molar-refractivity contribution in [1.29, 1.82) is 0 Å². The largest absolute Gasteiger partial charge is 0.351 e. The van der Waals surface area contributed by atoms with Gasteiger partial charge in [-0.25, -0.2) is 4.79 Å². The molecule has 0 spiro atoms.